The fourth-order valence-electron chi connectivity index (χ4n) is 0. The number of hydrogen-bond donors (Lipinski definition) is 0. The molecule has 3 heteroatoms. The second-order valence-electron chi connectivity index (χ2n) is 0.799. The molecule has 0 aromatic rings. The van der Waals surface area contributed by atoms with Gasteiger partial charge in [-0.05, 0) is 6.04 Å². The lowest BCUT2D eigenvalue weighted by atomic mass is 11.0. The Morgan fingerprint density at radius 1 is 1.80 bits per heavy atom. The van der Waals surface area contributed by atoms with Crippen LogP contribution in [0.25, 0.3) is 0 Å². The smallest absolute Gasteiger partial charge is 0.116 e. The molecule has 0 N–H and O–H groups in total. The van der Waals surface area contributed by atoms with Gasteiger partial charge in [0, 0.05) is 0 Å². The molecule has 5 heavy (non-hydrogen) atoms. The molecular weight excluding hydrogens is 212 g/mol. The Bertz CT molecular complexity index is 25.5. The van der Waals surface area contributed by atoms with Crippen molar-refractivity contribution in [1.82, 2.24) is 0 Å². The molecule has 0 aliphatic carbocycles. The molecule has 32 valence electrons. The zero-order valence-electron chi connectivity index (χ0n) is 4.04. The molecule has 0 saturated carbocycles. The average Bonchev–Trinajstić information content (AvgIpc) is 1.38. The van der Waals surface area contributed by atoms with Crippen LogP contribution >= 0.6 is 30.6 Å². The van der Waals surface area contributed by atoms with Crippen LogP contribution in [0.3, 0.4) is 0 Å². The molecule has 0 spiro atoms. The third kappa shape index (κ3) is 5.18. The van der Waals surface area contributed by atoms with Gasteiger partial charge in [-0.15, -0.1) is 30.6 Å². The van der Waals surface area contributed by atoms with Crippen LogP contribution < -0.4 is 0 Å². The van der Waals surface area contributed by atoms with E-state index in [-0.39, 0.29) is 1.43 Å². The van der Waals surface area contributed by atoms with Gasteiger partial charge in [0.1, 0.15) is 0 Å². The van der Waals surface area contributed by atoms with Gasteiger partial charge in [-0.2, -0.15) is 0 Å². The first-order valence-electron chi connectivity index (χ1n) is 1.55. The van der Waals surface area contributed by atoms with Crippen LogP contribution in [-0.4, -0.2) is 6.04 Å². The van der Waals surface area contributed by atoms with Crippen molar-refractivity contribution in [2.45, 2.75) is 13.0 Å². The molecule has 0 heterocycles. The van der Waals surface area contributed by atoms with E-state index in [0.29, 0.717) is 0 Å². The average molecular weight is 219 g/mol. The van der Waals surface area contributed by atoms with E-state index in [1.165, 1.54) is 6.04 Å². The summed E-state index contributed by atoms with van der Waals surface area (Å²) in [7, 11) is 0. The highest BCUT2D eigenvalue weighted by Crippen LogP contribution is 2.05. The largest absolute Gasteiger partial charge is 1.00 e. The van der Waals surface area contributed by atoms with Crippen molar-refractivity contribution in [2.75, 3.05) is 0 Å². The zero-order valence-corrected chi connectivity index (χ0v) is 7.37. The summed E-state index contributed by atoms with van der Waals surface area (Å²) in [6.45, 7) is 2.17. The maximum absolute atomic E-state index is 3.43. The van der Waals surface area contributed by atoms with Gasteiger partial charge in [-0.3, -0.25) is 0 Å². The number of halogens is 2. The standard InChI is InChI=1S/C2H6Br2Si/c1-2-5(3)4/h5H,2H2,1H3/p+1. The molecule has 0 unspecified atom stereocenters. The molecule has 0 nitrogen and oxygen atoms in total. The lowest BCUT2D eigenvalue weighted by Crippen LogP contribution is -1.80. The molecule has 0 aromatic carbocycles. The molecule has 0 aliphatic heterocycles. The Kier molecular flexibility index (Phi) is 4.16. The van der Waals surface area contributed by atoms with Gasteiger partial charge in [-0.25, -0.2) is 0 Å². The minimum atomic E-state index is -0.525. The van der Waals surface area contributed by atoms with E-state index in [1.807, 2.05) is 0 Å². The second kappa shape index (κ2) is 3.37. The summed E-state index contributed by atoms with van der Waals surface area (Å²) in [5.41, 5.74) is 0. The van der Waals surface area contributed by atoms with Crippen LogP contribution in [0.15, 0.2) is 0 Å². The van der Waals surface area contributed by atoms with Crippen LogP contribution in [0.1, 0.15) is 8.35 Å². The molecule has 0 aliphatic rings. The first kappa shape index (κ1) is 6.18. The molecule has 0 rings (SSSR count). The molecule has 0 aromatic heterocycles. The molecule has 0 saturated heterocycles. The Labute approximate surface area is 51.2 Å². The molecule has 0 amide bonds. The van der Waals surface area contributed by atoms with Crippen LogP contribution in [0.4, 0.5) is 0 Å². The van der Waals surface area contributed by atoms with Crippen molar-refractivity contribution in [3.05, 3.63) is 0 Å². The third-order valence-electron chi connectivity index (χ3n) is 0.309. The van der Waals surface area contributed by atoms with Crippen molar-refractivity contribution in [1.29, 1.82) is 0 Å². The lowest BCUT2D eigenvalue weighted by Gasteiger charge is -1.82. The first-order valence-corrected chi connectivity index (χ1v) is 8.74. The van der Waals surface area contributed by atoms with Gasteiger partial charge in [0.15, 0.2) is 6.04 Å². The molecule has 0 atom stereocenters. The summed E-state index contributed by atoms with van der Waals surface area (Å²) in [5, 5.41) is 0. The van der Waals surface area contributed by atoms with Crippen LogP contribution in [-0.2, 0) is 0 Å². The van der Waals surface area contributed by atoms with Gasteiger partial charge in [0.05, 0.1) is 0 Å². The second-order valence-corrected chi connectivity index (χ2v) is 12.7. The predicted octanol–water partition coefficient (Wildman–Crippen LogP) is 2.13. The molecule has 0 fully saturated rings. The SMILES string of the molecule is CC[SiH](Br)Br.[H+]. The first-order chi connectivity index (χ1) is 2.27. The minimum absolute atomic E-state index is 0. The summed E-state index contributed by atoms with van der Waals surface area (Å²) >= 11 is 6.86. The third-order valence-corrected chi connectivity index (χ3v) is 4.81. The highest BCUT2D eigenvalue weighted by Gasteiger charge is 1.89. The van der Waals surface area contributed by atoms with E-state index in [0.717, 1.165) is 0 Å². The van der Waals surface area contributed by atoms with Gasteiger partial charge >= 0.3 is 1.43 Å². The van der Waals surface area contributed by atoms with Crippen LogP contribution in [0, 0.1) is 0 Å². The van der Waals surface area contributed by atoms with Crippen molar-refractivity contribution in [2.24, 2.45) is 0 Å². The van der Waals surface area contributed by atoms with Gasteiger partial charge < -0.3 is 0 Å². The maximum atomic E-state index is 3.43. The normalized spacial score (nSPS) is 9.60. The summed E-state index contributed by atoms with van der Waals surface area (Å²) in [6, 6.07) is 0.753. The summed E-state index contributed by atoms with van der Waals surface area (Å²) < 4.78 is 0. The van der Waals surface area contributed by atoms with Crippen molar-refractivity contribution >= 4 is 36.6 Å². The fraction of sp³-hybridized carbons (Fsp3) is 1.00. The summed E-state index contributed by atoms with van der Waals surface area (Å²) in [4.78, 5) is 0. The van der Waals surface area contributed by atoms with Crippen molar-refractivity contribution in [3.63, 3.8) is 0 Å². The van der Waals surface area contributed by atoms with Crippen molar-refractivity contribution < 1.29 is 1.43 Å². The minimum Gasteiger partial charge on any atom is -0.116 e. The Hall–Kier alpha value is 1.18. The molecule has 0 radical (unpaired) electrons. The quantitative estimate of drug-likeness (QED) is 0.468. The van der Waals surface area contributed by atoms with E-state index in [2.05, 4.69) is 37.5 Å². The number of hydrogen-bond acceptors (Lipinski definition) is 0. The van der Waals surface area contributed by atoms with Crippen LogP contribution in [0.2, 0.25) is 6.04 Å². The Balaban J connectivity index is 0. The summed E-state index contributed by atoms with van der Waals surface area (Å²) in [5.74, 6) is 0. The molecule has 0 bridgehead atoms. The van der Waals surface area contributed by atoms with E-state index < -0.39 is 6.04 Å². The van der Waals surface area contributed by atoms with Gasteiger partial charge in [0.25, 0.3) is 0 Å². The molecular formula is C2H7Br2Si+. The lowest BCUT2D eigenvalue weighted by molar-refractivity contribution is 1.47. The summed E-state index contributed by atoms with van der Waals surface area (Å²) in [6.07, 6.45) is 0. The fourth-order valence-corrected chi connectivity index (χ4v) is 0. The number of rotatable bonds is 1. The Morgan fingerprint density at radius 3 is 2.00 bits per heavy atom. The van der Waals surface area contributed by atoms with Gasteiger partial charge in [-0.1, -0.05) is 6.92 Å². The van der Waals surface area contributed by atoms with E-state index in [4.69, 9.17) is 0 Å². The Morgan fingerprint density at radius 2 is 2.00 bits per heavy atom. The highest BCUT2D eigenvalue weighted by molar-refractivity contribution is 9.49. The topological polar surface area (TPSA) is 0 Å². The van der Waals surface area contributed by atoms with E-state index in [1.54, 1.807) is 0 Å². The van der Waals surface area contributed by atoms with E-state index in [9.17, 15) is 0 Å². The highest BCUT2D eigenvalue weighted by atomic mass is 79.9. The monoisotopic (exact) mass is 217 g/mol. The zero-order chi connectivity index (χ0) is 4.28. The maximum Gasteiger partial charge on any atom is 1.00 e. The van der Waals surface area contributed by atoms with Gasteiger partial charge in [0.2, 0.25) is 0 Å². The van der Waals surface area contributed by atoms with Crippen LogP contribution in [0.5, 0.6) is 0 Å². The van der Waals surface area contributed by atoms with Crippen molar-refractivity contribution in [3.8, 4) is 0 Å². The predicted molar refractivity (Wildman–Crippen MR) is 36.6 cm³/mol. The van der Waals surface area contributed by atoms with E-state index >= 15 is 0 Å².